The molecule has 0 amide bonds. The molecule has 0 heterocycles. The number of hydrogen-bond acceptors (Lipinski definition) is 1. The van der Waals surface area contributed by atoms with Crippen molar-refractivity contribution in [2.24, 2.45) is 0 Å². The molecule has 0 aromatic heterocycles. The van der Waals surface area contributed by atoms with E-state index in [1.807, 2.05) is 12.1 Å². The maximum Gasteiger partial charge on any atom is 0.0472 e. The largest absolute Gasteiger partial charge is 0.310 e. The van der Waals surface area contributed by atoms with Crippen LogP contribution in [0, 0.1) is 0 Å². The lowest BCUT2D eigenvalue weighted by atomic mass is 10.0. The molecule has 0 aliphatic heterocycles. The Morgan fingerprint density at radius 2 is 1.04 bits per heavy atom. The van der Waals surface area contributed by atoms with E-state index in [2.05, 4.69) is 128 Å². The molecule has 0 aliphatic rings. The average Bonchev–Trinajstić information content (AvgIpc) is 2.71. The number of hydrogen-bond donors (Lipinski definition) is 0. The van der Waals surface area contributed by atoms with E-state index < -0.39 is 0 Å². The zero-order chi connectivity index (χ0) is 18.6. The van der Waals surface area contributed by atoms with Crippen LogP contribution in [-0.4, -0.2) is 0 Å². The van der Waals surface area contributed by atoms with Gasteiger partial charge in [0.25, 0.3) is 0 Å². The summed E-state index contributed by atoms with van der Waals surface area (Å²) in [5.41, 5.74) is 5.78. The summed E-state index contributed by atoms with van der Waals surface area (Å²) in [7, 11) is 0. The molecule has 132 valence electrons. The molecule has 27 heavy (non-hydrogen) atoms. The molecular formula is C24H17Br2N. The molecule has 0 saturated carbocycles. The van der Waals surface area contributed by atoms with E-state index >= 15 is 0 Å². The van der Waals surface area contributed by atoms with E-state index in [0.717, 1.165) is 26.0 Å². The fourth-order valence-electron chi connectivity index (χ4n) is 3.09. The minimum absolute atomic E-state index is 1.06. The highest BCUT2D eigenvalue weighted by Crippen LogP contribution is 2.37. The van der Waals surface area contributed by atoms with Crippen LogP contribution in [-0.2, 0) is 0 Å². The third-order valence-corrected chi connectivity index (χ3v) is 5.41. The van der Waals surface area contributed by atoms with Crippen LogP contribution in [0.25, 0.3) is 11.1 Å². The summed E-state index contributed by atoms with van der Waals surface area (Å²) in [6.45, 7) is 0. The fourth-order valence-corrected chi connectivity index (χ4v) is 3.74. The van der Waals surface area contributed by atoms with Gasteiger partial charge in [-0.2, -0.15) is 0 Å². The average molecular weight is 479 g/mol. The highest BCUT2D eigenvalue weighted by Gasteiger charge is 2.13. The van der Waals surface area contributed by atoms with Gasteiger partial charge in [-0.05, 0) is 65.7 Å². The minimum atomic E-state index is 1.06. The first kappa shape index (κ1) is 18.0. The number of halogens is 2. The fraction of sp³-hybridized carbons (Fsp3) is 0. The summed E-state index contributed by atoms with van der Waals surface area (Å²) >= 11 is 7.12. The van der Waals surface area contributed by atoms with Crippen LogP contribution in [0.15, 0.2) is 112 Å². The van der Waals surface area contributed by atoms with Gasteiger partial charge in [0, 0.05) is 26.0 Å². The Bertz CT molecular complexity index is 1030. The van der Waals surface area contributed by atoms with Crippen molar-refractivity contribution < 1.29 is 0 Å². The number of nitrogens with zero attached hydrogens (tertiary/aromatic N) is 1. The molecule has 0 unspecified atom stereocenters. The SMILES string of the molecule is Brc1ccc(N(c2ccc(-c3ccccc3)cc2)c2cccc(Br)c2)cc1. The van der Waals surface area contributed by atoms with E-state index in [4.69, 9.17) is 0 Å². The predicted octanol–water partition coefficient (Wildman–Crippen LogP) is 8.35. The summed E-state index contributed by atoms with van der Waals surface area (Å²) in [6, 6.07) is 35.9. The van der Waals surface area contributed by atoms with Crippen molar-refractivity contribution in [3.63, 3.8) is 0 Å². The summed E-state index contributed by atoms with van der Waals surface area (Å²) in [6.07, 6.45) is 0. The van der Waals surface area contributed by atoms with Crippen LogP contribution < -0.4 is 4.90 Å². The van der Waals surface area contributed by atoms with Gasteiger partial charge < -0.3 is 4.90 Å². The van der Waals surface area contributed by atoms with E-state index in [9.17, 15) is 0 Å². The second-order valence-electron chi connectivity index (χ2n) is 6.20. The third-order valence-electron chi connectivity index (χ3n) is 4.38. The topological polar surface area (TPSA) is 3.24 Å². The number of benzene rings is 4. The summed E-state index contributed by atoms with van der Waals surface area (Å²) in [4.78, 5) is 2.26. The van der Waals surface area contributed by atoms with Crippen molar-refractivity contribution in [3.8, 4) is 11.1 Å². The van der Waals surface area contributed by atoms with Crippen molar-refractivity contribution in [2.45, 2.75) is 0 Å². The van der Waals surface area contributed by atoms with Crippen LogP contribution in [0.3, 0.4) is 0 Å². The zero-order valence-corrected chi connectivity index (χ0v) is 17.7. The van der Waals surface area contributed by atoms with Crippen LogP contribution in [0.5, 0.6) is 0 Å². The molecule has 4 rings (SSSR count). The first-order chi connectivity index (χ1) is 13.2. The van der Waals surface area contributed by atoms with Crippen molar-refractivity contribution in [2.75, 3.05) is 4.90 Å². The molecule has 0 atom stereocenters. The molecule has 0 aliphatic carbocycles. The van der Waals surface area contributed by atoms with Crippen LogP contribution in [0.2, 0.25) is 0 Å². The second-order valence-corrected chi connectivity index (χ2v) is 8.04. The molecular weight excluding hydrogens is 462 g/mol. The Balaban J connectivity index is 1.77. The van der Waals surface area contributed by atoms with E-state index in [1.54, 1.807) is 0 Å². The van der Waals surface area contributed by atoms with Crippen LogP contribution in [0.1, 0.15) is 0 Å². The first-order valence-corrected chi connectivity index (χ1v) is 10.3. The smallest absolute Gasteiger partial charge is 0.0472 e. The number of rotatable bonds is 4. The molecule has 0 saturated heterocycles. The monoisotopic (exact) mass is 477 g/mol. The third kappa shape index (κ3) is 4.15. The molecule has 0 radical (unpaired) electrons. The van der Waals surface area contributed by atoms with Crippen molar-refractivity contribution in [1.29, 1.82) is 0 Å². The van der Waals surface area contributed by atoms with Gasteiger partial charge in [0.15, 0.2) is 0 Å². The van der Waals surface area contributed by atoms with Gasteiger partial charge in [0.05, 0.1) is 0 Å². The highest BCUT2D eigenvalue weighted by atomic mass is 79.9. The lowest BCUT2D eigenvalue weighted by Gasteiger charge is -2.26. The van der Waals surface area contributed by atoms with Gasteiger partial charge in [0.1, 0.15) is 0 Å². The standard InChI is InChI=1S/C24H17Br2N/c25-20-11-15-23(16-12-20)27(24-8-4-7-21(26)17-24)22-13-9-19(10-14-22)18-5-2-1-3-6-18/h1-17H. The first-order valence-electron chi connectivity index (χ1n) is 8.67. The van der Waals surface area contributed by atoms with Crippen LogP contribution >= 0.6 is 31.9 Å². The molecule has 3 heteroatoms. The summed E-state index contributed by atoms with van der Waals surface area (Å²) in [5, 5.41) is 0. The molecule has 4 aromatic carbocycles. The van der Waals surface area contributed by atoms with Crippen molar-refractivity contribution in [3.05, 3.63) is 112 Å². The Kier molecular flexibility index (Phi) is 5.42. The summed E-state index contributed by atoms with van der Waals surface area (Å²) < 4.78 is 2.13. The molecule has 0 fully saturated rings. The molecule has 0 bridgehead atoms. The lowest BCUT2D eigenvalue weighted by Crippen LogP contribution is -2.09. The van der Waals surface area contributed by atoms with Gasteiger partial charge in [-0.3, -0.25) is 0 Å². The predicted molar refractivity (Wildman–Crippen MR) is 122 cm³/mol. The highest BCUT2D eigenvalue weighted by molar-refractivity contribution is 9.10. The Morgan fingerprint density at radius 1 is 0.444 bits per heavy atom. The normalized spacial score (nSPS) is 10.6. The van der Waals surface area contributed by atoms with E-state index in [1.165, 1.54) is 11.1 Å². The van der Waals surface area contributed by atoms with E-state index in [0.29, 0.717) is 0 Å². The zero-order valence-electron chi connectivity index (χ0n) is 14.5. The van der Waals surface area contributed by atoms with Gasteiger partial charge in [-0.15, -0.1) is 0 Å². The minimum Gasteiger partial charge on any atom is -0.310 e. The quantitative estimate of drug-likeness (QED) is 0.284. The Labute approximate surface area is 176 Å². The van der Waals surface area contributed by atoms with Crippen molar-refractivity contribution in [1.82, 2.24) is 0 Å². The molecule has 0 spiro atoms. The summed E-state index contributed by atoms with van der Waals surface area (Å²) in [5.74, 6) is 0. The van der Waals surface area contributed by atoms with E-state index in [-0.39, 0.29) is 0 Å². The van der Waals surface area contributed by atoms with Gasteiger partial charge in [0.2, 0.25) is 0 Å². The second kappa shape index (κ2) is 8.12. The van der Waals surface area contributed by atoms with Gasteiger partial charge in [-0.1, -0.05) is 80.4 Å². The van der Waals surface area contributed by atoms with Crippen molar-refractivity contribution >= 4 is 48.9 Å². The number of anilines is 3. The molecule has 1 nitrogen and oxygen atoms in total. The van der Waals surface area contributed by atoms with Gasteiger partial charge in [-0.25, -0.2) is 0 Å². The maximum absolute atomic E-state index is 3.60. The molecule has 4 aromatic rings. The Hall–Kier alpha value is -2.36. The van der Waals surface area contributed by atoms with Gasteiger partial charge >= 0.3 is 0 Å². The molecule has 0 N–H and O–H groups in total. The van der Waals surface area contributed by atoms with Crippen LogP contribution in [0.4, 0.5) is 17.1 Å². The lowest BCUT2D eigenvalue weighted by molar-refractivity contribution is 1.28. The Morgan fingerprint density at radius 3 is 1.67 bits per heavy atom. The maximum atomic E-state index is 3.60.